The predicted octanol–water partition coefficient (Wildman–Crippen LogP) is 2.90. The number of ether oxygens (including phenoxy) is 3. The quantitative estimate of drug-likeness (QED) is 0.638. The molecular weight excluding hydrogens is 298 g/mol. The molecule has 0 saturated carbocycles. The van der Waals surface area contributed by atoms with Crippen LogP contribution in [0.2, 0.25) is 0 Å². The topological polar surface area (TPSA) is 70.8 Å². The van der Waals surface area contributed by atoms with Crippen LogP contribution in [-0.2, 0) is 16.1 Å². The molecule has 1 aliphatic rings. The van der Waals surface area contributed by atoms with Crippen molar-refractivity contribution < 1.29 is 23.5 Å². The van der Waals surface area contributed by atoms with Crippen molar-refractivity contribution in [2.24, 2.45) is 0 Å². The van der Waals surface area contributed by atoms with Crippen molar-refractivity contribution in [3.63, 3.8) is 0 Å². The van der Waals surface area contributed by atoms with Crippen LogP contribution in [0.15, 0.2) is 34.9 Å². The molecule has 120 valence electrons. The van der Waals surface area contributed by atoms with Crippen LogP contribution in [0.4, 0.5) is 0 Å². The number of carbonyl (C=O) groups excluding carboxylic acids is 1. The molecule has 0 radical (unpaired) electrons. The molecule has 0 fully saturated rings. The Bertz CT molecular complexity index is 720. The second-order valence-electron chi connectivity index (χ2n) is 5.13. The molecule has 2 heterocycles. The molecule has 0 unspecified atom stereocenters. The third kappa shape index (κ3) is 4.12. The SMILES string of the molecule is Cc1cc(COC(=O)/C=C/c2ccc3c(c2)OCCCO3)no1. The molecular formula is C17H17NO5. The van der Waals surface area contributed by atoms with E-state index in [1.807, 2.05) is 18.2 Å². The van der Waals surface area contributed by atoms with Gasteiger partial charge in [-0.15, -0.1) is 0 Å². The Balaban J connectivity index is 1.58. The number of rotatable bonds is 4. The summed E-state index contributed by atoms with van der Waals surface area (Å²) in [5, 5.41) is 3.76. The third-order valence-electron chi connectivity index (χ3n) is 3.22. The molecule has 6 heteroatoms. The predicted molar refractivity (Wildman–Crippen MR) is 82.1 cm³/mol. The van der Waals surface area contributed by atoms with E-state index in [2.05, 4.69) is 5.16 Å². The lowest BCUT2D eigenvalue weighted by Crippen LogP contribution is -2.00. The first kappa shape index (κ1) is 15.1. The molecule has 0 spiro atoms. The molecule has 6 nitrogen and oxygen atoms in total. The van der Waals surface area contributed by atoms with Crippen molar-refractivity contribution >= 4 is 12.0 Å². The lowest BCUT2D eigenvalue weighted by atomic mass is 10.2. The highest BCUT2D eigenvalue weighted by atomic mass is 16.5. The Morgan fingerprint density at radius 3 is 2.87 bits per heavy atom. The summed E-state index contributed by atoms with van der Waals surface area (Å²) in [4.78, 5) is 11.7. The van der Waals surface area contributed by atoms with E-state index >= 15 is 0 Å². The third-order valence-corrected chi connectivity index (χ3v) is 3.22. The first-order valence-electron chi connectivity index (χ1n) is 7.37. The number of hydrogen-bond acceptors (Lipinski definition) is 6. The van der Waals surface area contributed by atoms with E-state index in [9.17, 15) is 4.79 Å². The summed E-state index contributed by atoms with van der Waals surface area (Å²) in [6.45, 7) is 3.14. The van der Waals surface area contributed by atoms with E-state index in [4.69, 9.17) is 18.7 Å². The van der Waals surface area contributed by atoms with Gasteiger partial charge in [0, 0.05) is 18.6 Å². The van der Waals surface area contributed by atoms with Gasteiger partial charge in [0.15, 0.2) is 11.5 Å². The summed E-state index contributed by atoms with van der Waals surface area (Å²) >= 11 is 0. The fourth-order valence-corrected chi connectivity index (χ4v) is 2.13. The van der Waals surface area contributed by atoms with Crippen LogP contribution in [-0.4, -0.2) is 24.3 Å². The smallest absolute Gasteiger partial charge is 0.331 e. The maximum atomic E-state index is 11.7. The Morgan fingerprint density at radius 2 is 2.09 bits per heavy atom. The highest BCUT2D eigenvalue weighted by Crippen LogP contribution is 2.30. The van der Waals surface area contributed by atoms with E-state index in [1.165, 1.54) is 6.08 Å². The van der Waals surface area contributed by atoms with Gasteiger partial charge in [-0.1, -0.05) is 11.2 Å². The molecule has 1 aromatic heterocycles. The summed E-state index contributed by atoms with van der Waals surface area (Å²) in [5.74, 6) is 1.65. The summed E-state index contributed by atoms with van der Waals surface area (Å²) in [6, 6.07) is 7.26. The zero-order valence-electron chi connectivity index (χ0n) is 12.8. The number of aromatic nitrogens is 1. The van der Waals surface area contributed by atoms with Crippen molar-refractivity contribution in [3.8, 4) is 11.5 Å². The first-order chi connectivity index (χ1) is 11.2. The van der Waals surface area contributed by atoms with Gasteiger partial charge in [-0.2, -0.15) is 0 Å². The van der Waals surface area contributed by atoms with E-state index in [0.29, 0.717) is 30.4 Å². The molecule has 0 N–H and O–H groups in total. The standard InChI is InChI=1S/C17H17NO5/c1-12-9-14(18-23-12)11-22-17(19)6-4-13-3-5-15-16(10-13)21-8-2-7-20-15/h3-6,9-10H,2,7-8,11H2,1H3/b6-4+. The largest absolute Gasteiger partial charge is 0.490 e. The first-order valence-corrected chi connectivity index (χ1v) is 7.37. The van der Waals surface area contributed by atoms with Gasteiger partial charge in [0.1, 0.15) is 18.1 Å². The molecule has 1 aliphatic heterocycles. The Kier molecular flexibility index (Phi) is 4.61. The second-order valence-corrected chi connectivity index (χ2v) is 5.13. The van der Waals surface area contributed by atoms with Crippen molar-refractivity contribution in [2.75, 3.05) is 13.2 Å². The molecule has 3 rings (SSSR count). The monoisotopic (exact) mass is 315 g/mol. The van der Waals surface area contributed by atoms with Gasteiger partial charge in [-0.3, -0.25) is 0 Å². The number of aryl methyl sites for hydroxylation is 1. The molecule has 2 aromatic rings. The average molecular weight is 315 g/mol. The molecule has 0 bridgehead atoms. The van der Waals surface area contributed by atoms with E-state index < -0.39 is 5.97 Å². The molecule has 0 saturated heterocycles. The summed E-state index contributed by atoms with van der Waals surface area (Å²) in [7, 11) is 0. The fraction of sp³-hybridized carbons (Fsp3) is 0.294. The minimum absolute atomic E-state index is 0.0850. The van der Waals surface area contributed by atoms with Gasteiger partial charge in [0.05, 0.1) is 13.2 Å². The number of esters is 1. The van der Waals surface area contributed by atoms with Gasteiger partial charge >= 0.3 is 5.97 Å². The van der Waals surface area contributed by atoms with E-state index in [1.54, 1.807) is 19.1 Å². The average Bonchev–Trinajstić information content (AvgIpc) is 2.83. The Labute approximate surface area is 133 Å². The Morgan fingerprint density at radius 1 is 1.26 bits per heavy atom. The highest BCUT2D eigenvalue weighted by Gasteiger charge is 2.10. The fourth-order valence-electron chi connectivity index (χ4n) is 2.13. The van der Waals surface area contributed by atoms with Crippen molar-refractivity contribution in [1.29, 1.82) is 0 Å². The van der Waals surface area contributed by atoms with Crippen LogP contribution in [0.5, 0.6) is 11.5 Å². The van der Waals surface area contributed by atoms with Gasteiger partial charge in [0.2, 0.25) is 0 Å². The summed E-state index contributed by atoms with van der Waals surface area (Å²) in [5.41, 5.74) is 1.42. The van der Waals surface area contributed by atoms with E-state index in [0.717, 1.165) is 17.7 Å². The van der Waals surface area contributed by atoms with Crippen LogP contribution < -0.4 is 9.47 Å². The minimum Gasteiger partial charge on any atom is -0.490 e. The number of carbonyl (C=O) groups is 1. The zero-order valence-corrected chi connectivity index (χ0v) is 12.8. The van der Waals surface area contributed by atoms with Gasteiger partial charge in [-0.05, 0) is 30.7 Å². The zero-order chi connectivity index (χ0) is 16.1. The molecule has 23 heavy (non-hydrogen) atoms. The lowest BCUT2D eigenvalue weighted by Gasteiger charge is -2.07. The maximum Gasteiger partial charge on any atom is 0.331 e. The highest BCUT2D eigenvalue weighted by molar-refractivity contribution is 5.87. The van der Waals surface area contributed by atoms with Crippen molar-refractivity contribution in [1.82, 2.24) is 5.16 Å². The molecule has 1 aromatic carbocycles. The normalized spacial score (nSPS) is 13.8. The maximum absolute atomic E-state index is 11.7. The lowest BCUT2D eigenvalue weighted by molar-refractivity contribution is -0.139. The van der Waals surface area contributed by atoms with Crippen molar-refractivity contribution in [3.05, 3.63) is 47.4 Å². The second kappa shape index (κ2) is 7.00. The van der Waals surface area contributed by atoms with Crippen LogP contribution >= 0.6 is 0 Å². The van der Waals surface area contributed by atoms with Crippen LogP contribution in [0.1, 0.15) is 23.4 Å². The minimum atomic E-state index is -0.447. The molecule has 0 amide bonds. The molecule has 0 aliphatic carbocycles. The van der Waals surface area contributed by atoms with E-state index in [-0.39, 0.29) is 6.61 Å². The molecule has 0 atom stereocenters. The summed E-state index contributed by atoms with van der Waals surface area (Å²) < 4.78 is 21.2. The van der Waals surface area contributed by atoms with Gasteiger partial charge in [0.25, 0.3) is 0 Å². The van der Waals surface area contributed by atoms with Crippen LogP contribution in [0.3, 0.4) is 0 Å². The number of nitrogens with zero attached hydrogens (tertiary/aromatic N) is 1. The Hall–Kier alpha value is -2.76. The van der Waals surface area contributed by atoms with Crippen LogP contribution in [0, 0.1) is 6.92 Å². The van der Waals surface area contributed by atoms with Crippen LogP contribution in [0.25, 0.3) is 6.08 Å². The number of fused-ring (bicyclic) bond motifs is 1. The van der Waals surface area contributed by atoms with Gasteiger partial charge < -0.3 is 18.7 Å². The van der Waals surface area contributed by atoms with Crippen molar-refractivity contribution in [2.45, 2.75) is 20.0 Å². The number of hydrogen-bond donors (Lipinski definition) is 0. The summed E-state index contributed by atoms with van der Waals surface area (Å²) in [6.07, 6.45) is 3.89. The number of benzene rings is 1. The van der Waals surface area contributed by atoms with Gasteiger partial charge in [-0.25, -0.2) is 4.79 Å².